The molecule has 1 saturated carbocycles. The lowest BCUT2D eigenvalue weighted by Crippen LogP contribution is -2.55. The highest BCUT2D eigenvalue weighted by Gasteiger charge is 2.46. The molecule has 4 heterocycles. The van der Waals surface area contributed by atoms with Crippen molar-refractivity contribution in [3.63, 3.8) is 0 Å². The topological polar surface area (TPSA) is 228 Å². The summed E-state index contributed by atoms with van der Waals surface area (Å²) in [5, 5.41) is 20.4. The van der Waals surface area contributed by atoms with Crippen LogP contribution in [0.15, 0.2) is 82.9 Å². The molecule has 2 aromatic heterocycles. The summed E-state index contributed by atoms with van der Waals surface area (Å²) in [6.45, 7) is 12.9. The minimum Gasteiger partial charge on any atom is -0.494 e. The van der Waals surface area contributed by atoms with Gasteiger partial charge in [0.05, 0.1) is 53.1 Å². The SMILES string of the molecule is Cc1ncsc1-c1ccc(CNC(=O)[C@@H]2C[C@@H](O)CN2C(=O)C(C(C)C)N2Cc3ccccc3C2=O)c(OCCCOCCCOCCOCCCOCCCOc2ccc(Nc3ncc(Br)c(NCCCN(C)C(=O)C4CCC4)n3)cc2)c1. The summed E-state index contributed by atoms with van der Waals surface area (Å²) in [5.41, 5.74) is 6.72. The van der Waals surface area contributed by atoms with E-state index in [1.807, 2.05) is 98.9 Å². The maximum atomic E-state index is 14.3. The molecule has 0 radical (unpaired) electrons. The van der Waals surface area contributed by atoms with Crippen molar-refractivity contribution in [3.8, 4) is 21.9 Å². The molecule has 3 atom stereocenters. The fourth-order valence-electron chi connectivity index (χ4n) is 10.3. The largest absolute Gasteiger partial charge is 0.494 e. The van der Waals surface area contributed by atoms with E-state index in [2.05, 4.69) is 46.8 Å². The number of ether oxygens (including phenoxy) is 6. The Balaban J connectivity index is 0.638. The van der Waals surface area contributed by atoms with Crippen LogP contribution in [0.5, 0.6) is 11.5 Å². The van der Waals surface area contributed by atoms with Gasteiger partial charge in [0.2, 0.25) is 23.7 Å². The summed E-state index contributed by atoms with van der Waals surface area (Å²) in [5.74, 6) is 1.85. The summed E-state index contributed by atoms with van der Waals surface area (Å²) in [6.07, 6.45) is 7.87. The smallest absolute Gasteiger partial charge is 0.255 e. The molecule has 1 aliphatic carbocycles. The van der Waals surface area contributed by atoms with E-state index in [1.165, 1.54) is 4.90 Å². The van der Waals surface area contributed by atoms with Gasteiger partial charge in [-0.05, 0) is 108 Å². The number of aliphatic hydroxyl groups excluding tert-OH is 1. The predicted octanol–water partition coefficient (Wildman–Crippen LogP) is 8.82. The third kappa shape index (κ3) is 18.4. The zero-order valence-corrected chi connectivity index (χ0v) is 51.3. The molecule has 1 unspecified atom stereocenters. The number of anilines is 3. The van der Waals surface area contributed by atoms with Crippen LogP contribution in [0.4, 0.5) is 17.5 Å². The Morgan fingerprint density at radius 1 is 0.845 bits per heavy atom. The van der Waals surface area contributed by atoms with Gasteiger partial charge in [-0.15, -0.1) is 11.3 Å². The summed E-state index contributed by atoms with van der Waals surface area (Å²) < 4.78 is 36.1. The molecule has 3 aliphatic rings. The molecule has 4 amide bonds. The molecule has 20 nitrogen and oxygen atoms in total. The number of rotatable bonds is 36. The van der Waals surface area contributed by atoms with E-state index in [4.69, 9.17) is 28.4 Å². The van der Waals surface area contributed by atoms with Crippen molar-refractivity contribution in [2.75, 3.05) is 103 Å². The molecule has 84 heavy (non-hydrogen) atoms. The van der Waals surface area contributed by atoms with Crippen LogP contribution in [0.2, 0.25) is 0 Å². The summed E-state index contributed by atoms with van der Waals surface area (Å²) in [6, 6.07) is 19.2. The lowest BCUT2D eigenvalue weighted by atomic mass is 9.84. The average molecular weight is 1240 g/mol. The van der Waals surface area contributed by atoms with Gasteiger partial charge in [0, 0.05) is 128 Å². The number of nitrogens with zero attached hydrogens (tertiary/aromatic N) is 6. The zero-order valence-electron chi connectivity index (χ0n) is 48.9. The van der Waals surface area contributed by atoms with E-state index in [9.17, 15) is 24.3 Å². The maximum Gasteiger partial charge on any atom is 0.255 e. The molecule has 0 spiro atoms. The number of amides is 4. The molecule has 1 saturated heterocycles. The van der Waals surface area contributed by atoms with E-state index >= 15 is 0 Å². The highest BCUT2D eigenvalue weighted by molar-refractivity contribution is 9.10. The monoisotopic (exact) mass is 1240 g/mol. The summed E-state index contributed by atoms with van der Waals surface area (Å²) >= 11 is 5.07. The lowest BCUT2D eigenvalue weighted by molar-refractivity contribution is -0.143. The highest BCUT2D eigenvalue weighted by atomic mass is 79.9. The van der Waals surface area contributed by atoms with Gasteiger partial charge in [-0.25, -0.2) is 9.97 Å². The van der Waals surface area contributed by atoms with E-state index in [-0.39, 0.29) is 55.0 Å². The number of nitrogens with one attached hydrogen (secondary N) is 3. The Morgan fingerprint density at radius 3 is 2.18 bits per heavy atom. The zero-order chi connectivity index (χ0) is 59.2. The van der Waals surface area contributed by atoms with Crippen LogP contribution < -0.4 is 25.4 Å². The van der Waals surface area contributed by atoms with Crippen LogP contribution in [-0.2, 0) is 46.4 Å². The number of likely N-dealkylation sites (tertiary alicyclic amines) is 1. The molecule has 2 fully saturated rings. The second-order valence-electron chi connectivity index (χ2n) is 21.8. The number of aliphatic hydroxyl groups is 1. The van der Waals surface area contributed by atoms with Crippen LogP contribution in [-0.4, -0.2) is 169 Å². The van der Waals surface area contributed by atoms with Gasteiger partial charge in [0.15, 0.2) is 0 Å². The summed E-state index contributed by atoms with van der Waals surface area (Å²) in [7, 11) is 1.88. The Bertz CT molecular complexity index is 2910. The number of benzene rings is 3. The first kappa shape index (κ1) is 63.7. The van der Waals surface area contributed by atoms with Crippen molar-refractivity contribution in [1.29, 1.82) is 0 Å². The molecule has 0 bridgehead atoms. The van der Waals surface area contributed by atoms with Gasteiger partial charge < -0.3 is 64.2 Å². The van der Waals surface area contributed by atoms with Gasteiger partial charge in [0.25, 0.3) is 5.91 Å². The minimum atomic E-state index is -0.900. The van der Waals surface area contributed by atoms with Crippen molar-refractivity contribution < 1.29 is 52.7 Å². The van der Waals surface area contributed by atoms with Gasteiger partial charge in [-0.3, -0.25) is 19.2 Å². The number of aryl methyl sites for hydroxylation is 1. The Hall–Kier alpha value is -6.27. The van der Waals surface area contributed by atoms with Crippen LogP contribution in [0.3, 0.4) is 0 Å². The molecular formula is C62H82BrN9O11S. The fraction of sp³-hybridized carbons (Fsp3) is 0.532. The van der Waals surface area contributed by atoms with Gasteiger partial charge in [-0.2, -0.15) is 4.98 Å². The number of thiazole rings is 1. The van der Waals surface area contributed by atoms with Crippen LogP contribution >= 0.6 is 27.3 Å². The van der Waals surface area contributed by atoms with Crippen molar-refractivity contribution in [3.05, 3.63) is 105 Å². The third-order valence-electron chi connectivity index (χ3n) is 15.0. The quantitative estimate of drug-likeness (QED) is 0.0275. The van der Waals surface area contributed by atoms with E-state index in [0.29, 0.717) is 115 Å². The van der Waals surface area contributed by atoms with Crippen LogP contribution in [0, 0.1) is 18.8 Å². The highest BCUT2D eigenvalue weighted by Crippen LogP contribution is 2.34. The first-order valence-electron chi connectivity index (χ1n) is 29.5. The van der Waals surface area contributed by atoms with E-state index < -0.39 is 18.2 Å². The Morgan fingerprint density at radius 2 is 1.52 bits per heavy atom. The number of β-amino-alcohol motifs (C(OH)–C–C–N with tert-alkyl or cyclic N) is 1. The molecule has 5 aromatic rings. The fourth-order valence-corrected chi connectivity index (χ4v) is 11.4. The van der Waals surface area contributed by atoms with Crippen molar-refractivity contribution in [2.24, 2.45) is 11.8 Å². The molecule has 8 rings (SSSR count). The van der Waals surface area contributed by atoms with E-state index in [1.54, 1.807) is 28.5 Å². The Kier molecular flexibility index (Phi) is 24.9. The number of aromatic nitrogens is 3. The minimum absolute atomic E-state index is 0.00640. The average Bonchev–Trinajstić information content (AvgIpc) is 4.30. The van der Waals surface area contributed by atoms with Crippen molar-refractivity contribution >= 4 is 68.3 Å². The molecule has 4 N–H and O–H groups in total. The molecule has 3 aromatic carbocycles. The number of hydrogen-bond acceptors (Lipinski definition) is 17. The molecular weight excluding hydrogens is 1160 g/mol. The number of carbonyl (C=O) groups excluding carboxylic acids is 4. The first-order chi connectivity index (χ1) is 40.8. The molecule has 22 heteroatoms. The first-order valence-corrected chi connectivity index (χ1v) is 31.2. The van der Waals surface area contributed by atoms with Crippen LogP contribution in [0.1, 0.15) is 98.8 Å². The summed E-state index contributed by atoms with van der Waals surface area (Å²) in [4.78, 5) is 73.4. The third-order valence-corrected chi connectivity index (χ3v) is 16.6. The lowest BCUT2D eigenvalue weighted by Gasteiger charge is -2.35. The predicted molar refractivity (Wildman–Crippen MR) is 325 cm³/mol. The van der Waals surface area contributed by atoms with Crippen LogP contribution in [0.25, 0.3) is 10.4 Å². The number of hydrogen-bond donors (Lipinski definition) is 4. The maximum absolute atomic E-state index is 14.3. The molecule has 454 valence electrons. The standard InChI is InChI=1S/C62H82BrN9O11S/c1-42(2)55(72-39-47-13-5-6-16-51(47)60(72)76)61(77)71-40-49(73)36-53(71)58(74)65-37-46-18-17-45(56-43(3)67-41-84-56)35-54(46)83-32-12-30-79-26-10-28-81-34-33-80-27-9-25-78-29-11-31-82-50-21-19-48(20-22-50)68-62-66-38-52(63)57(69-62)64-23-8-24-70(4)59(75)44-14-7-15-44/h5-6,13,16-22,35,38,41-42,44,49,53,55,73H,7-12,14-15,23-34,36-37,39-40H2,1-4H3,(H,65,74)(H2,64,66,68,69)/t49-,53+,55?/m1/s1. The number of halogens is 1. The normalized spacial score (nSPS) is 16.2. The molecule has 2 aliphatic heterocycles. The second-order valence-corrected chi connectivity index (χ2v) is 23.5. The second kappa shape index (κ2) is 32.9. The number of fused-ring (bicyclic) bond motifs is 1. The van der Waals surface area contributed by atoms with Crippen molar-refractivity contribution in [2.45, 2.75) is 110 Å². The Labute approximate surface area is 505 Å². The van der Waals surface area contributed by atoms with Gasteiger partial charge >= 0.3 is 0 Å². The van der Waals surface area contributed by atoms with Gasteiger partial charge in [-0.1, -0.05) is 50.6 Å². The van der Waals surface area contributed by atoms with Gasteiger partial charge in [0.1, 0.15) is 29.4 Å². The number of carbonyl (C=O) groups is 4. The van der Waals surface area contributed by atoms with Crippen molar-refractivity contribution in [1.82, 2.24) is 35.0 Å². The van der Waals surface area contributed by atoms with E-state index in [0.717, 1.165) is 88.1 Å².